The highest BCUT2D eigenvalue weighted by Crippen LogP contribution is 2.26. The molecule has 7 heteroatoms. The topological polar surface area (TPSA) is 66.4 Å². The van der Waals surface area contributed by atoms with E-state index in [2.05, 4.69) is 21.9 Å². The highest BCUT2D eigenvalue weighted by Gasteiger charge is 2.16. The van der Waals surface area contributed by atoms with Crippen LogP contribution in [0, 0.1) is 12.7 Å². The minimum Gasteiger partial charge on any atom is -0.475 e. The molecular formula is C28H28FN3O3. The zero-order chi connectivity index (χ0) is 24.5. The summed E-state index contributed by atoms with van der Waals surface area (Å²) >= 11 is 0. The van der Waals surface area contributed by atoms with Gasteiger partial charge in [-0.3, -0.25) is 0 Å². The Balaban J connectivity index is 1.33. The smallest absolute Gasteiger partial charge is 0.320 e. The number of nitrogens with zero attached hydrogens (tertiary/aromatic N) is 3. The van der Waals surface area contributed by atoms with Gasteiger partial charge in [-0.15, -0.1) is 0 Å². The van der Waals surface area contributed by atoms with Crippen molar-refractivity contribution in [2.45, 2.75) is 39.2 Å². The van der Waals surface area contributed by atoms with Crippen molar-refractivity contribution in [3.63, 3.8) is 0 Å². The van der Waals surface area contributed by atoms with Crippen LogP contribution < -0.4 is 14.2 Å². The molecule has 0 amide bonds. The molecular weight excluding hydrogens is 445 g/mol. The number of aromatic nitrogens is 3. The van der Waals surface area contributed by atoms with Gasteiger partial charge in [0, 0.05) is 18.2 Å². The first kappa shape index (κ1) is 24.1. The van der Waals surface area contributed by atoms with Crippen LogP contribution in [0.5, 0.6) is 23.5 Å². The van der Waals surface area contributed by atoms with Crippen LogP contribution in [-0.4, -0.2) is 21.6 Å². The van der Waals surface area contributed by atoms with Gasteiger partial charge in [0.05, 0.1) is 12.8 Å². The molecule has 0 N–H and O–H groups in total. The van der Waals surface area contributed by atoms with E-state index in [9.17, 15) is 4.39 Å². The van der Waals surface area contributed by atoms with Gasteiger partial charge in [0.1, 0.15) is 11.9 Å². The second kappa shape index (κ2) is 11.9. The van der Waals surface area contributed by atoms with E-state index in [-0.39, 0.29) is 24.6 Å². The highest BCUT2D eigenvalue weighted by molar-refractivity contribution is 5.31. The van der Waals surface area contributed by atoms with Gasteiger partial charge in [-0.05, 0) is 42.7 Å². The average Bonchev–Trinajstić information content (AvgIpc) is 2.87. The van der Waals surface area contributed by atoms with Crippen molar-refractivity contribution in [2.75, 3.05) is 6.61 Å². The molecule has 35 heavy (non-hydrogen) atoms. The number of aryl methyl sites for hydroxylation is 1. The van der Waals surface area contributed by atoms with Gasteiger partial charge >= 0.3 is 6.01 Å². The molecule has 1 atom stereocenters. The highest BCUT2D eigenvalue weighted by atomic mass is 19.1. The molecule has 0 fully saturated rings. The summed E-state index contributed by atoms with van der Waals surface area (Å²) in [6, 6.07) is 23.2. The quantitative estimate of drug-likeness (QED) is 0.243. The predicted octanol–water partition coefficient (Wildman–Crippen LogP) is 6.65. The first-order chi connectivity index (χ1) is 17.1. The fraction of sp³-hybridized carbons (Fsp3) is 0.250. The number of pyridine rings is 1. The maximum atomic E-state index is 14.3. The molecule has 180 valence electrons. The summed E-state index contributed by atoms with van der Waals surface area (Å²) in [6.07, 6.45) is 3.16. The molecule has 4 rings (SSSR count). The Morgan fingerprint density at radius 3 is 2.46 bits per heavy atom. The second-order valence-electron chi connectivity index (χ2n) is 8.07. The van der Waals surface area contributed by atoms with E-state index >= 15 is 0 Å². The molecule has 0 aliphatic rings. The zero-order valence-electron chi connectivity index (χ0n) is 19.9. The number of hydrogen-bond acceptors (Lipinski definition) is 6. The van der Waals surface area contributed by atoms with E-state index in [1.54, 1.807) is 0 Å². The Morgan fingerprint density at radius 1 is 0.914 bits per heavy atom. The van der Waals surface area contributed by atoms with Crippen LogP contribution in [0.1, 0.15) is 42.7 Å². The third-order valence-electron chi connectivity index (χ3n) is 5.30. The molecule has 0 saturated carbocycles. The molecule has 2 aromatic carbocycles. The van der Waals surface area contributed by atoms with E-state index in [0.717, 1.165) is 35.9 Å². The van der Waals surface area contributed by atoms with Crippen LogP contribution in [0.3, 0.4) is 0 Å². The number of hydrogen-bond donors (Lipinski definition) is 0. The van der Waals surface area contributed by atoms with E-state index in [1.165, 1.54) is 0 Å². The molecule has 0 bridgehead atoms. The van der Waals surface area contributed by atoms with Gasteiger partial charge in [0.25, 0.3) is 5.88 Å². The maximum absolute atomic E-state index is 14.3. The largest absolute Gasteiger partial charge is 0.475 e. The Kier molecular flexibility index (Phi) is 8.22. The average molecular weight is 474 g/mol. The summed E-state index contributed by atoms with van der Waals surface area (Å²) in [6.45, 7) is 4.25. The van der Waals surface area contributed by atoms with Crippen LogP contribution in [0.25, 0.3) is 0 Å². The number of rotatable bonds is 11. The van der Waals surface area contributed by atoms with Gasteiger partial charge in [-0.2, -0.15) is 9.37 Å². The SMILES string of the molecule is CCCC(Oc1ncc(F)c(OCCc2ccc(Oc3cccc(C)n3)cc2)n1)c1ccccc1. The Morgan fingerprint density at radius 2 is 1.71 bits per heavy atom. The predicted molar refractivity (Wildman–Crippen MR) is 131 cm³/mol. The van der Waals surface area contributed by atoms with E-state index in [4.69, 9.17) is 14.2 Å². The zero-order valence-corrected chi connectivity index (χ0v) is 19.9. The molecule has 4 aromatic rings. The fourth-order valence-electron chi connectivity index (χ4n) is 3.53. The second-order valence-corrected chi connectivity index (χ2v) is 8.07. The van der Waals surface area contributed by atoms with Crippen LogP contribution in [0.4, 0.5) is 4.39 Å². The molecule has 0 radical (unpaired) electrons. The van der Waals surface area contributed by atoms with Crippen molar-refractivity contribution < 1.29 is 18.6 Å². The van der Waals surface area contributed by atoms with Crippen molar-refractivity contribution >= 4 is 0 Å². The Bertz CT molecular complexity index is 1220. The summed E-state index contributed by atoms with van der Waals surface area (Å²) in [5.74, 6) is 0.491. The summed E-state index contributed by atoms with van der Waals surface area (Å²) in [5.41, 5.74) is 2.94. The van der Waals surface area contributed by atoms with Gasteiger partial charge in [-0.1, -0.05) is 61.9 Å². The van der Waals surface area contributed by atoms with Gasteiger partial charge in [0.2, 0.25) is 11.7 Å². The molecule has 1 unspecified atom stereocenters. The third kappa shape index (κ3) is 6.99. The summed E-state index contributed by atoms with van der Waals surface area (Å²) in [4.78, 5) is 12.5. The lowest BCUT2D eigenvalue weighted by atomic mass is 10.1. The lowest BCUT2D eigenvalue weighted by Gasteiger charge is -2.18. The lowest BCUT2D eigenvalue weighted by molar-refractivity contribution is 0.172. The van der Waals surface area contributed by atoms with E-state index < -0.39 is 5.82 Å². The van der Waals surface area contributed by atoms with Crippen molar-refractivity contribution in [1.29, 1.82) is 0 Å². The van der Waals surface area contributed by atoms with Crippen molar-refractivity contribution in [3.05, 3.63) is 102 Å². The molecule has 0 aliphatic heterocycles. The monoisotopic (exact) mass is 473 g/mol. The van der Waals surface area contributed by atoms with Gasteiger partial charge < -0.3 is 14.2 Å². The first-order valence-corrected chi connectivity index (χ1v) is 11.7. The first-order valence-electron chi connectivity index (χ1n) is 11.7. The van der Waals surface area contributed by atoms with E-state index in [1.807, 2.05) is 79.7 Å². The Labute approximate surface area is 204 Å². The fourth-order valence-corrected chi connectivity index (χ4v) is 3.53. The van der Waals surface area contributed by atoms with Crippen LogP contribution in [0.15, 0.2) is 79.0 Å². The number of benzene rings is 2. The number of ether oxygens (including phenoxy) is 3. The van der Waals surface area contributed by atoms with Crippen molar-refractivity contribution in [1.82, 2.24) is 15.0 Å². The van der Waals surface area contributed by atoms with Crippen molar-refractivity contribution in [2.24, 2.45) is 0 Å². The summed E-state index contributed by atoms with van der Waals surface area (Å²) in [5, 5.41) is 0. The molecule has 0 aliphatic carbocycles. The molecule has 0 saturated heterocycles. The standard InChI is InChI=1S/C28H28FN3O3/c1-3-8-25(22-10-5-4-6-11-22)35-28-30-19-24(29)27(32-28)33-18-17-21-13-15-23(16-14-21)34-26-12-7-9-20(2)31-26/h4-7,9-16,19,25H,3,8,17-18H2,1-2H3. The van der Waals surface area contributed by atoms with Crippen molar-refractivity contribution in [3.8, 4) is 23.5 Å². The summed E-state index contributed by atoms with van der Waals surface area (Å²) < 4.78 is 31.6. The van der Waals surface area contributed by atoms with Crippen LogP contribution in [0.2, 0.25) is 0 Å². The number of halogens is 1. The normalized spacial score (nSPS) is 11.6. The molecule has 2 heterocycles. The molecule has 0 spiro atoms. The third-order valence-corrected chi connectivity index (χ3v) is 5.30. The summed E-state index contributed by atoms with van der Waals surface area (Å²) in [7, 11) is 0. The minimum absolute atomic E-state index is 0.0926. The molecule has 6 nitrogen and oxygen atoms in total. The van der Waals surface area contributed by atoms with Gasteiger partial charge in [-0.25, -0.2) is 9.97 Å². The van der Waals surface area contributed by atoms with Gasteiger partial charge in [0.15, 0.2) is 0 Å². The Hall–Kier alpha value is -4.00. The molecule has 2 aromatic heterocycles. The van der Waals surface area contributed by atoms with Crippen LogP contribution >= 0.6 is 0 Å². The lowest BCUT2D eigenvalue weighted by Crippen LogP contribution is -2.11. The van der Waals surface area contributed by atoms with Crippen LogP contribution in [-0.2, 0) is 6.42 Å². The maximum Gasteiger partial charge on any atom is 0.320 e. The minimum atomic E-state index is -0.626. The van der Waals surface area contributed by atoms with E-state index in [0.29, 0.717) is 18.1 Å².